The minimum absolute atomic E-state index is 0.860. The molecule has 1 heterocycles. The smallest absolute Gasteiger partial charge is 0.140 e. The summed E-state index contributed by atoms with van der Waals surface area (Å²) in [6, 6.07) is 0. The maximum atomic E-state index is 11.8. The molecule has 0 aromatic heterocycles. The fourth-order valence-corrected chi connectivity index (χ4v) is 2.69. The van der Waals surface area contributed by atoms with Gasteiger partial charge in [-0.15, -0.1) is 8.61 Å². The monoisotopic (exact) mass is 220 g/mol. The average Bonchev–Trinajstić information content (AvgIpc) is 2.54. The van der Waals surface area contributed by atoms with Gasteiger partial charge in [0.15, 0.2) is 0 Å². The van der Waals surface area contributed by atoms with Gasteiger partial charge in [0.05, 0.1) is 26.2 Å². The highest BCUT2D eigenvalue weighted by molar-refractivity contribution is 7.87. The van der Waals surface area contributed by atoms with Gasteiger partial charge in [0.25, 0.3) is 0 Å². The molecule has 0 aromatic carbocycles. The van der Waals surface area contributed by atoms with Gasteiger partial charge in [-0.25, -0.2) is 0 Å². The Morgan fingerprint density at radius 3 is 1.86 bits per heavy atom. The van der Waals surface area contributed by atoms with Crippen molar-refractivity contribution in [1.29, 1.82) is 0 Å². The second kappa shape index (κ2) is 6.60. The first-order valence-corrected chi connectivity index (χ1v) is 6.07. The molecule has 0 spiro atoms. The van der Waals surface area contributed by atoms with Crippen molar-refractivity contribution in [1.82, 2.24) is 19.2 Å². The van der Waals surface area contributed by atoms with Crippen molar-refractivity contribution in [2.45, 2.75) is 0 Å². The summed E-state index contributed by atoms with van der Waals surface area (Å²) in [7, 11) is 3.83. The van der Waals surface area contributed by atoms with Gasteiger partial charge in [-0.2, -0.15) is 0 Å². The van der Waals surface area contributed by atoms with Crippen LogP contribution >= 0.6 is 0 Å². The molecule has 2 N–H and O–H groups in total. The first kappa shape index (κ1) is 12.2. The van der Waals surface area contributed by atoms with E-state index in [4.69, 9.17) is 0 Å². The van der Waals surface area contributed by atoms with Crippen LogP contribution in [0.2, 0.25) is 0 Å². The molecule has 14 heavy (non-hydrogen) atoms. The molecule has 0 aliphatic carbocycles. The lowest BCUT2D eigenvalue weighted by molar-refractivity contribution is 0.438. The quantitative estimate of drug-likeness (QED) is 0.541. The van der Waals surface area contributed by atoms with Crippen molar-refractivity contribution < 1.29 is 4.55 Å². The average molecular weight is 220 g/mol. The van der Waals surface area contributed by atoms with Crippen LogP contribution in [-0.2, 0) is 11.5 Å². The molecule has 1 saturated heterocycles. The maximum absolute atomic E-state index is 11.8. The minimum atomic E-state index is -0.915. The number of nitrogens with one attached hydrogen (secondary N) is 2. The van der Waals surface area contributed by atoms with E-state index in [1.54, 1.807) is 0 Å². The SMILES string of the molecule is CNCCN1CCN(CCNC)[S+]1[O-]. The molecule has 0 atom stereocenters. The third kappa shape index (κ3) is 3.38. The minimum Gasteiger partial charge on any atom is -0.578 e. The van der Waals surface area contributed by atoms with E-state index < -0.39 is 11.5 Å². The van der Waals surface area contributed by atoms with Crippen LogP contribution in [0.25, 0.3) is 0 Å². The summed E-state index contributed by atoms with van der Waals surface area (Å²) >= 11 is -0.915. The molecule has 1 rings (SSSR count). The predicted molar refractivity (Wildman–Crippen MR) is 59.1 cm³/mol. The molecule has 1 aliphatic rings. The number of hydrogen-bond donors (Lipinski definition) is 2. The molecule has 0 saturated carbocycles. The summed E-state index contributed by atoms with van der Waals surface area (Å²) in [5.41, 5.74) is 0. The summed E-state index contributed by atoms with van der Waals surface area (Å²) in [4.78, 5) is 0. The van der Waals surface area contributed by atoms with Crippen molar-refractivity contribution in [3.8, 4) is 0 Å². The lowest BCUT2D eigenvalue weighted by atomic mass is 10.5. The van der Waals surface area contributed by atoms with E-state index in [1.165, 1.54) is 0 Å². The van der Waals surface area contributed by atoms with Crippen molar-refractivity contribution in [3.63, 3.8) is 0 Å². The molecule has 0 amide bonds. The van der Waals surface area contributed by atoms with Crippen LogP contribution in [0.3, 0.4) is 0 Å². The molecule has 1 aliphatic heterocycles. The topological polar surface area (TPSA) is 53.6 Å². The van der Waals surface area contributed by atoms with Gasteiger partial charge in [0, 0.05) is 13.1 Å². The lowest BCUT2D eigenvalue weighted by Gasteiger charge is -2.20. The van der Waals surface area contributed by atoms with Crippen LogP contribution < -0.4 is 10.6 Å². The number of hydrogen-bond acceptors (Lipinski definition) is 5. The molecular formula is C8H20N4OS. The normalized spacial score (nSPS) is 20.8. The molecule has 0 radical (unpaired) electrons. The van der Waals surface area contributed by atoms with Crippen LogP contribution in [-0.4, -0.2) is 66.5 Å². The molecule has 1 fully saturated rings. The Morgan fingerprint density at radius 1 is 1.07 bits per heavy atom. The largest absolute Gasteiger partial charge is 0.578 e. The Hall–Kier alpha value is 0.150. The zero-order chi connectivity index (χ0) is 10.4. The van der Waals surface area contributed by atoms with Crippen LogP contribution in [0.1, 0.15) is 0 Å². The fraction of sp³-hybridized carbons (Fsp3) is 1.00. The highest BCUT2D eigenvalue weighted by atomic mass is 32.2. The number of likely N-dealkylation sites (N-methyl/N-ethyl adjacent to an activating group) is 2. The van der Waals surface area contributed by atoms with E-state index in [0.717, 1.165) is 39.3 Å². The van der Waals surface area contributed by atoms with E-state index in [-0.39, 0.29) is 0 Å². The van der Waals surface area contributed by atoms with E-state index in [0.29, 0.717) is 0 Å². The Balaban J connectivity index is 2.24. The maximum Gasteiger partial charge on any atom is 0.140 e. The standard InChI is InChI=1S/C8H20N4OS/c1-9-3-5-11-7-8-12(14(11)13)6-4-10-2/h9-10H,3-8H2,1-2H3. The van der Waals surface area contributed by atoms with Gasteiger partial charge in [0.1, 0.15) is 11.5 Å². The van der Waals surface area contributed by atoms with E-state index in [9.17, 15) is 4.55 Å². The molecular weight excluding hydrogens is 200 g/mol. The van der Waals surface area contributed by atoms with Crippen molar-refractivity contribution in [2.75, 3.05) is 53.4 Å². The van der Waals surface area contributed by atoms with Gasteiger partial charge in [0.2, 0.25) is 0 Å². The highest BCUT2D eigenvalue weighted by Crippen LogP contribution is 2.14. The van der Waals surface area contributed by atoms with Gasteiger partial charge >= 0.3 is 0 Å². The van der Waals surface area contributed by atoms with Gasteiger partial charge in [-0.3, -0.25) is 0 Å². The molecule has 5 nitrogen and oxygen atoms in total. The van der Waals surface area contributed by atoms with Gasteiger partial charge in [-0.05, 0) is 14.1 Å². The molecule has 0 unspecified atom stereocenters. The number of nitrogens with zero attached hydrogens (tertiary/aromatic N) is 2. The third-order valence-corrected chi connectivity index (χ3v) is 3.88. The van der Waals surface area contributed by atoms with E-state index >= 15 is 0 Å². The third-order valence-electron chi connectivity index (χ3n) is 2.26. The predicted octanol–water partition coefficient (Wildman–Crippen LogP) is -1.38. The molecule has 6 heteroatoms. The first-order chi connectivity index (χ1) is 6.79. The number of rotatable bonds is 6. The van der Waals surface area contributed by atoms with Crippen LogP contribution in [0.5, 0.6) is 0 Å². The summed E-state index contributed by atoms with van der Waals surface area (Å²) < 4.78 is 15.8. The Labute approximate surface area is 89.3 Å². The zero-order valence-corrected chi connectivity index (χ0v) is 9.77. The summed E-state index contributed by atoms with van der Waals surface area (Å²) in [6.45, 7) is 5.34. The lowest BCUT2D eigenvalue weighted by Crippen LogP contribution is -2.38. The van der Waals surface area contributed by atoms with E-state index in [2.05, 4.69) is 10.6 Å². The Bertz CT molecular complexity index is 144. The van der Waals surface area contributed by atoms with Crippen molar-refractivity contribution in [3.05, 3.63) is 0 Å². The Morgan fingerprint density at radius 2 is 1.50 bits per heavy atom. The summed E-state index contributed by atoms with van der Waals surface area (Å²) in [5.74, 6) is 0. The van der Waals surface area contributed by atoms with Gasteiger partial charge in [-0.1, -0.05) is 0 Å². The fourth-order valence-electron chi connectivity index (χ4n) is 1.40. The van der Waals surface area contributed by atoms with Crippen molar-refractivity contribution >= 4 is 11.5 Å². The van der Waals surface area contributed by atoms with E-state index in [1.807, 2.05) is 22.7 Å². The Kier molecular flexibility index (Phi) is 5.76. The van der Waals surface area contributed by atoms with Crippen LogP contribution in [0, 0.1) is 0 Å². The first-order valence-electron chi connectivity index (χ1n) is 5.00. The second-order valence-corrected chi connectivity index (χ2v) is 4.79. The van der Waals surface area contributed by atoms with Gasteiger partial charge < -0.3 is 15.2 Å². The van der Waals surface area contributed by atoms with Crippen LogP contribution in [0.15, 0.2) is 0 Å². The highest BCUT2D eigenvalue weighted by Gasteiger charge is 2.34. The molecule has 0 aromatic rings. The zero-order valence-electron chi connectivity index (χ0n) is 8.95. The van der Waals surface area contributed by atoms with Crippen LogP contribution in [0.4, 0.5) is 0 Å². The summed E-state index contributed by atoms with van der Waals surface area (Å²) in [5, 5.41) is 6.13. The second-order valence-electron chi connectivity index (χ2n) is 3.30. The molecule has 84 valence electrons. The molecule has 0 bridgehead atoms. The summed E-state index contributed by atoms with van der Waals surface area (Å²) in [6.07, 6.45) is 0. The van der Waals surface area contributed by atoms with Crippen molar-refractivity contribution in [2.24, 2.45) is 0 Å².